The highest BCUT2D eigenvalue weighted by atomic mass is 35.5. The standard InChI is InChI=1S/C17H19Cl2N5O/c1-11-20-15(17(25)24-7-5-23(2)6-8-24)10-16(21-11)22-12-3-4-13(18)14(19)9-12/h3-4,9-10H,5-8H2,1-2H3,(H,20,21,22). The van der Waals surface area contributed by atoms with Crippen LogP contribution >= 0.6 is 23.2 Å². The maximum atomic E-state index is 12.7. The van der Waals surface area contributed by atoms with Crippen LogP contribution in [0.25, 0.3) is 0 Å². The number of amides is 1. The van der Waals surface area contributed by atoms with Gasteiger partial charge in [0, 0.05) is 37.9 Å². The number of hydrogen-bond donors (Lipinski definition) is 1. The van der Waals surface area contributed by atoms with Gasteiger partial charge in [-0.15, -0.1) is 0 Å². The van der Waals surface area contributed by atoms with E-state index in [-0.39, 0.29) is 5.91 Å². The molecule has 8 heteroatoms. The molecule has 1 amide bonds. The Hall–Kier alpha value is -1.89. The summed E-state index contributed by atoms with van der Waals surface area (Å²) in [6.07, 6.45) is 0. The van der Waals surface area contributed by atoms with Gasteiger partial charge < -0.3 is 15.1 Å². The number of benzene rings is 1. The van der Waals surface area contributed by atoms with Crippen LogP contribution in [-0.2, 0) is 0 Å². The van der Waals surface area contributed by atoms with Gasteiger partial charge >= 0.3 is 0 Å². The number of carbonyl (C=O) groups excluding carboxylic acids is 1. The molecule has 0 bridgehead atoms. The number of halogens is 2. The largest absolute Gasteiger partial charge is 0.340 e. The van der Waals surface area contributed by atoms with E-state index >= 15 is 0 Å². The van der Waals surface area contributed by atoms with Crippen molar-refractivity contribution in [3.8, 4) is 0 Å². The maximum absolute atomic E-state index is 12.7. The van der Waals surface area contributed by atoms with E-state index in [1.807, 2.05) is 4.90 Å². The van der Waals surface area contributed by atoms with Gasteiger partial charge in [0.2, 0.25) is 0 Å². The van der Waals surface area contributed by atoms with Gasteiger partial charge in [0.25, 0.3) is 5.91 Å². The van der Waals surface area contributed by atoms with Crippen molar-refractivity contribution in [2.45, 2.75) is 6.92 Å². The van der Waals surface area contributed by atoms with Crippen LogP contribution in [0.4, 0.5) is 11.5 Å². The highest BCUT2D eigenvalue weighted by molar-refractivity contribution is 6.42. The summed E-state index contributed by atoms with van der Waals surface area (Å²) in [5.74, 6) is 1.00. The van der Waals surface area contributed by atoms with E-state index < -0.39 is 0 Å². The monoisotopic (exact) mass is 379 g/mol. The number of anilines is 2. The highest BCUT2D eigenvalue weighted by Crippen LogP contribution is 2.26. The number of hydrogen-bond acceptors (Lipinski definition) is 5. The van der Waals surface area contributed by atoms with Crippen LogP contribution in [0.3, 0.4) is 0 Å². The highest BCUT2D eigenvalue weighted by Gasteiger charge is 2.22. The van der Waals surface area contributed by atoms with E-state index in [1.54, 1.807) is 31.2 Å². The van der Waals surface area contributed by atoms with Crippen molar-refractivity contribution in [1.29, 1.82) is 0 Å². The summed E-state index contributed by atoms with van der Waals surface area (Å²) in [6, 6.07) is 6.88. The first-order chi connectivity index (χ1) is 11.9. The first-order valence-electron chi connectivity index (χ1n) is 7.98. The Balaban J connectivity index is 1.80. The first kappa shape index (κ1) is 17.9. The third kappa shape index (κ3) is 4.39. The Bertz CT molecular complexity index is 791. The van der Waals surface area contributed by atoms with Crippen LogP contribution in [0.5, 0.6) is 0 Å². The molecule has 0 spiro atoms. The van der Waals surface area contributed by atoms with Crippen molar-refractivity contribution in [2.24, 2.45) is 0 Å². The molecule has 25 heavy (non-hydrogen) atoms. The average Bonchev–Trinajstić information content (AvgIpc) is 2.58. The zero-order valence-electron chi connectivity index (χ0n) is 14.1. The van der Waals surface area contributed by atoms with Crippen molar-refractivity contribution in [2.75, 3.05) is 38.5 Å². The van der Waals surface area contributed by atoms with E-state index in [9.17, 15) is 4.79 Å². The third-order valence-corrected chi connectivity index (χ3v) is 4.78. The van der Waals surface area contributed by atoms with Crippen LogP contribution in [0.15, 0.2) is 24.3 Å². The Morgan fingerprint density at radius 1 is 1.08 bits per heavy atom. The van der Waals surface area contributed by atoms with E-state index in [2.05, 4.69) is 27.2 Å². The lowest BCUT2D eigenvalue weighted by Gasteiger charge is -2.32. The van der Waals surface area contributed by atoms with E-state index in [0.29, 0.717) is 40.5 Å². The second-order valence-corrected chi connectivity index (χ2v) is 6.85. The SMILES string of the molecule is Cc1nc(Nc2ccc(Cl)c(Cl)c2)cc(C(=O)N2CCN(C)CC2)n1. The normalized spacial score (nSPS) is 15.3. The van der Waals surface area contributed by atoms with E-state index in [4.69, 9.17) is 23.2 Å². The van der Waals surface area contributed by atoms with Crippen LogP contribution in [-0.4, -0.2) is 58.9 Å². The van der Waals surface area contributed by atoms with Gasteiger partial charge in [-0.2, -0.15) is 0 Å². The molecule has 0 unspecified atom stereocenters. The number of likely N-dealkylation sites (N-methyl/N-ethyl adjacent to an activating group) is 1. The lowest BCUT2D eigenvalue weighted by molar-refractivity contribution is 0.0658. The molecule has 0 saturated carbocycles. The van der Waals surface area contributed by atoms with Crippen LogP contribution in [0, 0.1) is 6.92 Å². The van der Waals surface area contributed by atoms with Crippen LogP contribution in [0.2, 0.25) is 10.0 Å². The zero-order valence-corrected chi connectivity index (χ0v) is 15.6. The molecule has 0 atom stereocenters. The lowest BCUT2D eigenvalue weighted by Crippen LogP contribution is -2.47. The molecule has 1 aliphatic rings. The first-order valence-corrected chi connectivity index (χ1v) is 8.73. The molecule has 6 nitrogen and oxygen atoms in total. The summed E-state index contributed by atoms with van der Waals surface area (Å²) in [5, 5.41) is 4.08. The fourth-order valence-electron chi connectivity index (χ4n) is 2.63. The van der Waals surface area contributed by atoms with Gasteiger partial charge in [-0.25, -0.2) is 9.97 Å². The number of carbonyl (C=O) groups is 1. The molecule has 1 aromatic heterocycles. The maximum Gasteiger partial charge on any atom is 0.272 e. The molecule has 0 radical (unpaired) electrons. The third-order valence-electron chi connectivity index (χ3n) is 4.04. The molecule has 1 N–H and O–H groups in total. The number of nitrogens with zero attached hydrogens (tertiary/aromatic N) is 4. The molecule has 1 fully saturated rings. The molecule has 0 aliphatic carbocycles. The van der Waals surface area contributed by atoms with Gasteiger partial charge in [0.15, 0.2) is 0 Å². The molecular weight excluding hydrogens is 361 g/mol. The molecule has 1 aromatic carbocycles. The molecular formula is C17H19Cl2N5O. The van der Waals surface area contributed by atoms with Gasteiger partial charge in [-0.1, -0.05) is 23.2 Å². The van der Waals surface area contributed by atoms with Crippen molar-refractivity contribution >= 4 is 40.6 Å². The van der Waals surface area contributed by atoms with Gasteiger partial charge in [0.05, 0.1) is 10.0 Å². The summed E-state index contributed by atoms with van der Waals surface area (Å²) < 4.78 is 0. The Kier molecular flexibility index (Phi) is 5.42. The Labute approximate surface area is 156 Å². The molecule has 132 valence electrons. The van der Waals surface area contributed by atoms with Crippen LogP contribution in [0.1, 0.15) is 16.3 Å². The quantitative estimate of drug-likeness (QED) is 0.886. The minimum Gasteiger partial charge on any atom is -0.340 e. The smallest absolute Gasteiger partial charge is 0.272 e. The van der Waals surface area contributed by atoms with Crippen LogP contribution < -0.4 is 5.32 Å². The molecule has 1 saturated heterocycles. The summed E-state index contributed by atoms with van der Waals surface area (Å²) in [4.78, 5) is 25.4. The minimum atomic E-state index is -0.0733. The molecule has 2 heterocycles. The number of aromatic nitrogens is 2. The summed E-state index contributed by atoms with van der Waals surface area (Å²) >= 11 is 12.0. The second-order valence-electron chi connectivity index (χ2n) is 6.04. The lowest BCUT2D eigenvalue weighted by atomic mass is 10.2. The van der Waals surface area contributed by atoms with Crippen molar-refractivity contribution < 1.29 is 4.79 Å². The predicted molar refractivity (Wildman–Crippen MR) is 99.9 cm³/mol. The van der Waals surface area contributed by atoms with Crippen molar-refractivity contribution in [1.82, 2.24) is 19.8 Å². The predicted octanol–water partition coefficient (Wildman–Crippen LogP) is 3.22. The Morgan fingerprint density at radius 3 is 2.48 bits per heavy atom. The number of piperazine rings is 1. The fraction of sp³-hybridized carbons (Fsp3) is 0.353. The Morgan fingerprint density at radius 2 is 1.80 bits per heavy atom. The number of aryl methyl sites for hydroxylation is 1. The molecule has 1 aliphatic heterocycles. The molecule has 2 aromatic rings. The fourth-order valence-corrected chi connectivity index (χ4v) is 2.93. The number of nitrogens with one attached hydrogen (secondary N) is 1. The zero-order chi connectivity index (χ0) is 18.0. The average molecular weight is 380 g/mol. The van der Waals surface area contributed by atoms with Gasteiger partial charge in [-0.05, 0) is 32.2 Å². The second kappa shape index (κ2) is 7.56. The summed E-state index contributed by atoms with van der Waals surface area (Å²) in [7, 11) is 2.05. The van der Waals surface area contributed by atoms with E-state index in [0.717, 1.165) is 18.8 Å². The van der Waals surface area contributed by atoms with Gasteiger partial charge in [-0.3, -0.25) is 4.79 Å². The summed E-state index contributed by atoms with van der Waals surface area (Å²) in [5.41, 5.74) is 1.13. The number of rotatable bonds is 3. The molecule has 3 rings (SSSR count). The topological polar surface area (TPSA) is 61.4 Å². The minimum absolute atomic E-state index is 0.0733. The van der Waals surface area contributed by atoms with E-state index in [1.165, 1.54) is 0 Å². The van der Waals surface area contributed by atoms with Crippen molar-refractivity contribution in [3.05, 3.63) is 45.8 Å². The van der Waals surface area contributed by atoms with Gasteiger partial charge in [0.1, 0.15) is 17.3 Å². The van der Waals surface area contributed by atoms with Crippen molar-refractivity contribution in [3.63, 3.8) is 0 Å². The summed E-state index contributed by atoms with van der Waals surface area (Å²) in [6.45, 7) is 4.90.